The number of ether oxygens (including phenoxy) is 2. The van der Waals surface area contributed by atoms with E-state index in [1.54, 1.807) is 24.4 Å². The molecule has 0 aliphatic carbocycles. The zero-order chi connectivity index (χ0) is 51.1. The highest BCUT2D eigenvalue weighted by Crippen LogP contribution is 2.35. The molecule has 0 radical (unpaired) electrons. The van der Waals surface area contributed by atoms with Crippen LogP contribution in [0.3, 0.4) is 0 Å². The lowest BCUT2D eigenvalue weighted by Gasteiger charge is -2.22. The highest BCUT2D eigenvalue weighted by atomic mass is 19.1. The van der Waals surface area contributed by atoms with Gasteiger partial charge in [0.05, 0.1) is 35.9 Å². The van der Waals surface area contributed by atoms with E-state index in [-0.39, 0.29) is 32.8 Å². The number of nitrogens with one attached hydrogen (secondary N) is 2. The Morgan fingerprint density at radius 3 is 1.36 bits per heavy atom. The van der Waals surface area contributed by atoms with Crippen LogP contribution in [0.5, 0.6) is 5.88 Å². The van der Waals surface area contributed by atoms with Crippen LogP contribution in [0.2, 0.25) is 0 Å². The summed E-state index contributed by atoms with van der Waals surface area (Å²) in [5, 5.41) is 7.03. The summed E-state index contributed by atoms with van der Waals surface area (Å²) < 4.78 is 46.5. The molecule has 5 aromatic heterocycles. The van der Waals surface area contributed by atoms with Gasteiger partial charge in [-0.3, -0.25) is 18.7 Å². The number of rotatable bonds is 15. The summed E-state index contributed by atoms with van der Waals surface area (Å²) >= 11 is 0. The van der Waals surface area contributed by atoms with Crippen molar-refractivity contribution in [1.82, 2.24) is 24.1 Å². The van der Waals surface area contributed by atoms with E-state index in [4.69, 9.17) is 9.47 Å². The van der Waals surface area contributed by atoms with Crippen LogP contribution in [0.1, 0.15) is 69.4 Å². The van der Waals surface area contributed by atoms with E-state index in [1.807, 2.05) is 188 Å². The van der Waals surface area contributed by atoms with Gasteiger partial charge in [-0.2, -0.15) is 0 Å². The lowest BCUT2D eigenvalue weighted by atomic mass is 10.0. The molecule has 0 aliphatic heterocycles. The molecule has 0 aliphatic rings. The molecule has 0 bridgehead atoms. The van der Waals surface area contributed by atoms with Gasteiger partial charge in [0.2, 0.25) is 5.88 Å². The summed E-state index contributed by atoms with van der Waals surface area (Å²) in [7, 11) is 0. The van der Waals surface area contributed by atoms with Crippen molar-refractivity contribution in [2.24, 2.45) is 0 Å². The standard InChI is InChI=1S/C30H26FN3O2.C28H23FN4O2.C2H6/c1-2-26(36-20-21-12-6-3-7-13-21)28-24(31)19-32-30-29(28)25(35)18-27(33-22-14-8-4-9-15-22)34(30)23-16-10-5-11-17-23;1-2-23(35-25-15-9-10-16-30-25)26-21(29)18-31-28-27(26)22(34)17-24(32-19-11-5-3-6-12-19)33(28)20-13-7-4-8-14-20;1-2/h3-19,26,33H,2,20H2,1H3;3-18,23,32H,2H2,1H3;1-2H3. The molecule has 13 heteroatoms. The third-order valence-electron chi connectivity index (χ3n) is 11.7. The summed E-state index contributed by atoms with van der Waals surface area (Å²) in [6.07, 6.45) is 3.53. The molecule has 10 aromatic rings. The number of benzene rings is 5. The number of para-hydroxylation sites is 4. The molecule has 5 heterocycles. The first-order valence-corrected chi connectivity index (χ1v) is 24.3. The second-order valence-electron chi connectivity index (χ2n) is 16.4. The molecule has 0 amide bonds. The number of hydrogen-bond acceptors (Lipinski definition) is 9. The van der Waals surface area contributed by atoms with E-state index in [9.17, 15) is 9.59 Å². The number of hydrogen-bond donors (Lipinski definition) is 2. The Morgan fingerprint density at radius 1 is 0.521 bits per heavy atom. The second-order valence-corrected chi connectivity index (χ2v) is 16.4. The van der Waals surface area contributed by atoms with E-state index in [0.29, 0.717) is 48.3 Å². The molecule has 0 saturated heterocycles. The van der Waals surface area contributed by atoms with Gasteiger partial charge in [-0.1, -0.05) is 137 Å². The van der Waals surface area contributed by atoms with Crippen LogP contribution in [-0.4, -0.2) is 24.1 Å². The van der Waals surface area contributed by atoms with E-state index in [2.05, 4.69) is 25.6 Å². The summed E-state index contributed by atoms with van der Waals surface area (Å²) in [6.45, 7) is 8.10. The predicted octanol–water partition coefficient (Wildman–Crippen LogP) is 14.2. The van der Waals surface area contributed by atoms with Crippen LogP contribution >= 0.6 is 0 Å². The average Bonchev–Trinajstić information content (AvgIpc) is 3.43. The van der Waals surface area contributed by atoms with Crippen molar-refractivity contribution in [1.29, 1.82) is 0 Å². The Balaban J connectivity index is 0.000000189. The van der Waals surface area contributed by atoms with E-state index < -0.39 is 23.8 Å². The van der Waals surface area contributed by atoms with Crippen molar-refractivity contribution >= 4 is 45.1 Å². The molecule has 368 valence electrons. The van der Waals surface area contributed by atoms with Crippen molar-refractivity contribution in [2.75, 3.05) is 10.6 Å². The fraction of sp³-hybridized carbons (Fsp3) is 0.150. The number of aromatic nitrogens is 5. The molecule has 2 atom stereocenters. The van der Waals surface area contributed by atoms with Crippen molar-refractivity contribution in [2.45, 2.75) is 59.4 Å². The van der Waals surface area contributed by atoms with Gasteiger partial charge in [-0.15, -0.1) is 0 Å². The number of pyridine rings is 5. The topological polar surface area (TPSA) is 125 Å². The summed E-state index contributed by atoms with van der Waals surface area (Å²) in [5.41, 5.74) is 4.61. The zero-order valence-corrected chi connectivity index (χ0v) is 41.0. The molecule has 0 saturated carbocycles. The Hall–Kier alpha value is -8.81. The summed E-state index contributed by atoms with van der Waals surface area (Å²) in [5.74, 6) is 0.259. The van der Waals surface area contributed by atoms with Gasteiger partial charge in [0.1, 0.15) is 29.4 Å². The third kappa shape index (κ3) is 11.7. The van der Waals surface area contributed by atoms with Gasteiger partial charge >= 0.3 is 0 Å². The molecule has 2 N–H and O–H groups in total. The number of halogens is 2. The number of fused-ring (bicyclic) bond motifs is 2. The largest absolute Gasteiger partial charge is 0.469 e. The SMILES string of the molecule is CC.CCC(OCc1ccccc1)c1c(F)cnc2c1c(=O)cc(Nc1ccccc1)n2-c1ccccc1.CCC(Oc1ccccn1)c1c(F)cnc2c1c(=O)cc(Nc1ccccc1)n2-c1ccccc1. The predicted molar refractivity (Wildman–Crippen MR) is 288 cm³/mol. The van der Waals surface area contributed by atoms with Crippen LogP contribution in [0.4, 0.5) is 31.8 Å². The third-order valence-corrected chi connectivity index (χ3v) is 11.7. The first-order valence-electron chi connectivity index (χ1n) is 24.3. The van der Waals surface area contributed by atoms with Crippen molar-refractivity contribution < 1.29 is 18.3 Å². The lowest BCUT2D eigenvalue weighted by molar-refractivity contribution is 0.0358. The van der Waals surface area contributed by atoms with Crippen LogP contribution in [0, 0.1) is 11.6 Å². The molecule has 10 rings (SSSR count). The Morgan fingerprint density at radius 2 is 0.932 bits per heavy atom. The van der Waals surface area contributed by atoms with Crippen molar-refractivity contribution in [3.05, 3.63) is 249 Å². The molecular formula is C60H55F2N7O4. The second kappa shape index (κ2) is 24.3. The average molecular weight is 976 g/mol. The number of anilines is 4. The van der Waals surface area contributed by atoms with Gasteiger partial charge in [0.25, 0.3) is 0 Å². The van der Waals surface area contributed by atoms with Gasteiger partial charge in [0.15, 0.2) is 22.2 Å². The maximum absolute atomic E-state index is 15.3. The minimum atomic E-state index is -0.722. The monoisotopic (exact) mass is 975 g/mol. The van der Waals surface area contributed by atoms with Gasteiger partial charge in [0, 0.05) is 58.3 Å². The molecule has 5 aromatic carbocycles. The smallest absolute Gasteiger partial charge is 0.213 e. The van der Waals surface area contributed by atoms with E-state index in [0.717, 1.165) is 34.5 Å². The molecule has 11 nitrogen and oxygen atoms in total. The van der Waals surface area contributed by atoms with Crippen molar-refractivity contribution in [3.8, 4) is 17.3 Å². The highest BCUT2D eigenvalue weighted by Gasteiger charge is 2.26. The van der Waals surface area contributed by atoms with Crippen LogP contribution in [0.25, 0.3) is 33.4 Å². The summed E-state index contributed by atoms with van der Waals surface area (Å²) in [6, 6.07) is 56.2. The van der Waals surface area contributed by atoms with Crippen LogP contribution in [-0.2, 0) is 11.3 Å². The highest BCUT2D eigenvalue weighted by molar-refractivity contribution is 5.85. The van der Waals surface area contributed by atoms with Crippen molar-refractivity contribution in [3.63, 3.8) is 0 Å². The maximum atomic E-state index is 15.3. The minimum absolute atomic E-state index is 0.170. The Labute approximate surface area is 422 Å². The minimum Gasteiger partial charge on any atom is -0.469 e. The van der Waals surface area contributed by atoms with Gasteiger partial charge in [-0.05, 0) is 73.0 Å². The molecule has 0 fully saturated rings. The first-order chi connectivity index (χ1) is 35.8. The molecular weight excluding hydrogens is 921 g/mol. The number of nitrogens with zero attached hydrogens (tertiary/aromatic N) is 5. The van der Waals surface area contributed by atoms with E-state index in [1.165, 1.54) is 18.3 Å². The lowest BCUT2D eigenvalue weighted by Crippen LogP contribution is -2.19. The fourth-order valence-electron chi connectivity index (χ4n) is 8.47. The van der Waals surface area contributed by atoms with Crippen LogP contribution < -0.4 is 26.2 Å². The quantitative estimate of drug-likeness (QED) is 0.103. The Bertz CT molecular complexity index is 3500. The Kier molecular flexibility index (Phi) is 16.9. The fourth-order valence-corrected chi connectivity index (χ4v) is 8.47. The summed E-state index contributed by atoms with van der Waals surface area (Å²) in [4.78, 5) is 40.0. The molecule has 73 heavy (non-hydrogen) atoms. The first kappa shape index (κ1) is 50.6. The van der Waals surface area contributed by atoms with Gasteiger partial charge in [-0.25, -0.2) is 23.7 Å². The van der Waals surface area contributed by atoms with E-state index >= 15 is 8.78 Å². The zero-order valence-electron chi connectivity index (χ0n) is 41.0. The van der Waals surface area contributed by atoms with Crippen LogP contribution in [0.15, 0.2) is 210 Å². The maximum Gasteiger partial charge on any atom is 0.213 e. The normalized spacial score (nSPS) is 11.6. The van der Waals surface area contributed by atoms with Gasteiger partial charge < -0.3 is 20.1 Å². The molecule has 0 spiro atoms. The molecule has 2 unspecified atom stereocenters.